The molecule has 0 fully saturated rings. The number of anilines is 1. The van der Waals surface area contributed by atoms with Crippen molar-refractivity contribution in [2.75, 3.05) is 5.32 Å². The number of thiazole rings is 1. The SMILES string of the molecule is Cc1nc(C)c(C(=O)Nc2nc3c(s2)C[C@@H](N)CC3)o1.Cl. The van der Waals surface area contributed by atoms with Crippen molar-refractivity contribution < 1.29 is 9.21 Å². The molecule has 3 rings (SSSR count). The normalized spacial score (nSPS) is 17.0. The number of fused-ring (bicyclic) bond motifs is 1. The summed E-state index contributed by atoms with van der Waals surface area (Å²) in [6, 6.07) is 0.200. The summed E-state index contributed by atoms with van der Waals surface area (Å²) in [5.74, 6) is 0.419. The molecule has 1 atom stereocenters. The van der Waals surface area contributed by atoms with Crippen LogP contribution in [0.1, 0.15) is 39.1 Å². The molecule has 0 unspecified atom stereocenters. The Balaban J connectivity index is 0.00000161. The van der Waals surface area contributed by atoms with E-state index in [1.165, 1.54) is 16.2 Å². The number of aromatic nitrogens is 2. The minimum atomic E-state index is -0.307. The highest BCUT2D eigenvalue weighted by atomic mass is 35.5. The maximum atomic E-state index is 12.1. The van der Waals surface area contributed by atoms with Crippen molar-refractivity contribution in [3.05, 3.63) is 27.9 Å². The topological polar surface area (TPSA) is 94.0 Å². The average Bonchev–Trinajstić information content (AvgIpc) is 2.91. The Morgan fingerprint density at radius 2 is 2.19 bits per heavy atom. The van der Waals surface area contributed by atoms with Crippen molar-refractivity contribution in [1.82, 2.24) is 9.97 Å². The number of carbonyl (C=O) groups excluding carboxylic acids is 1. The van der Waals surface area contributed by atoms with Gasteiger partial charge in [-0.05, 0) is 26.2 Å². The fourth-order valence-electron chi connectivity index (χ4n) is 2.35. The Labute approximate surface area is 132 Å². The van der Waals surface area contributed by atoms with Gasteiger partial charge in [-0.1, -0.05) is 0 Å². The van der Waals surface area contributed by atoms with E-state index in [-0.39, 0.29) is 30.1 Å². The van der Waals surface area contributed by atoms with Crippen LogP contribution in [-0.4, -0.2) is 21.9 Å². The van der Waals surface area contributed by atoms with Gasteiger partial charge in [0, 0.05) is 17.8 Å². The molecule has 0 aliphatic heterocycles. The summed E-state index contributed by atoms with van der Waals surface area (Å²) in [5, 5.41) is 3.38. The molecular weight excluding hydrogens is 312 g/mol. The van der Waals surface area contributed by atoms with Crippen LogP contribution in [0.15, 0.2) is 4.42 Å². The second-order valence-electron chi connectivity index (χ2n) is 4.99. The van der Waals surface area contributed by atoms with Crippen LogP contribution in [0.25, 0.3) is 0 Å². The number of rotatable bonds is 2. The number of hydrogen-bond acceptors (Lipinski definition) is 6. The van der Waals surface area contributed by atoms with Gasteiger partial charge in [0.25, 0.3) is 5.91 Å². The van der Waals surface area contributed by atoms with E-state index >= 15 is 0 Å². The fraction of sp³-hybridized carbons (Fsp3) is 0.462. The lowest BCUT2D eigenvalue weighted by molar-refractivity contribution is 0.0994. The highest BCUT2D eigenvalue weighted by Crippen LogP contribution is 2.29. The second kappa shape index (κ2) is 6.13. The number of oxazole rings is 1. The average molecular weight is 329 g/mol. The molecule has 1 aliphatic rings. The van der Waals surface area contributed by atoms with E-state index in [0.29, 0.717) is 16.7 Å². The van der Waals surface area contributed by atoms with Crippen LogP contribution in [0.3, 0.4) is 0 Å². The predicted octanol–water partition coefficient (Wildman–Crippen LogP) is 2.24. The number of nitrogens with one attached hydrogen (secondary N) is 1. The van der Waals surface area contributed by atoms with Crippen molar-refractivity contribution in [1.29, 1.82) is 0 Å². The maximum Gasteiger partial charge on any atom is 0.295 e. The number of carbonyl (C=O) groups is 1. The van der Waals surface area contributed by atoms with E-state index in [4.69, 9.17) is 10.2 Å². The van der Waals surface area contributed by atoms with Crippen molar-refractivity contribution in [3.8, 4) is 0 Å². The van der Waals surface area contributed by atoms with E-state index < -0.39 is 0 Å². The van der Waals surface area contributed by atoms with Gasteiger partial charge in [-0.25, -0.2) is 9.97 Å². The van der Waals surface area contributed by atoms with Gasteiger partial charge >= 0.3 is 0 Å². The largest absolute Gasteiger partial charge is 0.436 e. The monoisotopic (exact) mass is 328 g/mol. The first-order valence-electron chi connectivity index (χ1n) is 6.52. The van der Waals surface area contributed by atoms with Gasteiger partial charge in [0.1, 0.15) is 0 Å². The standard InChI is InChI=1S/C13H16N4O2S.ClH/c1-6-11(19-7(2)15-6)12(18)17-13-16-9-4-3-8(14)5-10(9)20-13;/h8H,3-5,14H2,1-2H3,(H,16,17,18);1H/t8-;/m0./s1. The molecule has 2 aromatic rings. The third-order valence-electron chi connectivity index (χ3n) is 3.31. The van der Waals surface area contributed by atoms with Crippen molar-refractivity contribution in [3.63, 3.8) is 0 Å². The molecule has 21 heavy (non-hydrogen) atoms. The van der Waals surface area contributed by atoms with Crippen LogP contribution < -0.4 is 11.1 Å². The van der Waals surface area contributed by atoms with Crippen molar-refractivity contribution in [2.45, 2.75) is 39.2 Å². The first-order chi connectivity index (χ1) is 9.52. The Hall–Kier alpha value is -1.44. The molecule has 8 heteroatoms. The van der Waals surface area contributed by atoms with Gasteiger partial charge in [0.2, 0.25) is 5.76 Å². The molecule has 1 aliphatic carbocycles. The molecule has 114 valence electrons. The van der Waals surface area contributed by atoms with Gasteiger partial charge in [-0.2, -0.15) is 0 Å². The molecule has 2 heterocycles. The molecule has 6 nitrogen and oxygen atoms in total. The quantitative estimate of drug-likeness (QED) is 0.881. The molecule has 3 N–H and O–H groups in total. The number of nitrogens with zero attached hydrogens (tertiary/aromatic N) is 2. The lowest BCUT2D eigenvalue weighted by Crippen LogP contribution is -2.27. The molecule has 0 spiro atoms. The molecule has 0 aromatic carbocycles. The zero-order valence-electron chi connectivity index (χ0n) is 11.8. The van der Waals surface area contributed by atoms with E-state index in [0.717, 1.165) is 25.0 Å². The smallest absolute Gasteiger partial charge is 0.295 e. The van der Waals surface area contributed by atoms with Crippen LogP contribution in [0, 0.1) is 13.8 Å². The first-order valence-corrected chi connectivity index (χ1v) is 7.34. The number of nitrogens with two attached hydrogens (primary N) is 1. The van der Waals surface area contributed by atoms with Crippen molar-refractivity contribution >= 4 is 34.8 Å². The second-order valence-corrected chi connectivity index (χ2v) is 6.08. The Kier molecular flexibility index (Phi) is 4.65. The van der Waals surface area contributed by atoms with Crippen LogP contribution in [0.4, 0.5) is 5.13 Å². The van der Waals surface area contributed by atoms with Crippen LogP contribution in [0.5, 0.6) is 0 Å². The molecule has 0 radical (unpaired) electrons. The zero-order valence-corrected chi connectivity index (χ0v) is 13.4. The van der Waals surface area contributed by atoms with E-state index in [1.807, 2.05) is 0 Å². The van der Waals surface area contributed by atoms with Gasteiger partial charge in [0.05, 0.1) is 11.4 Å². The summed E-state index contributed by atoms with van der Waals surface area (Å²) in [6.45, 7) is 3.46. The van der Waals surface area contributed by atoms with Gasteiger partial charge < -0.3 is 10.2 Å². The van der Waals surface area contributed by atoms with Gasteiger partial charge in [-0.3, -0.25) is 10.1 Å². The molecule has 2 aromatic heterocycles. The number of halogens is 1. The Morgan fingerprint density at radius 1 is 1.43 bits per heavy atom. The Bertz CT molecular complexity index is 667. The summed E-state index contributed by atoms with van der Waals surface area (Å²) in [7, 11) is 0. The van der Waals surface area contributed by atoms with Gasteiger partial charge in [-0.15, -0.1) is 23.7 Å². The highest BCUT2D eigenvalue weighted by Gasteiger charge is 2.22. The minimum Gasteiger partial charge on any atom is -0.436 e. The minimum absolute atomic E-state index is 0. The highest BCUT2D eigenvalue weighted by molar-refractivity contribution is 7.15. The van der Waals surface area contributed by atoms with E-state index in [9.17, 15) is 4.79 Å². The lowest BCUT2D eigenvalue weighted by atomic mass is 9.99. The van der Waals surface area contributed by atoms with Crippen LogP contribution in [-0.2, 0) is 12.8 Å². The summed E-state index contributed by atoms with van der Waals surface area (Å²) in [5.41, 5.74) is 7.58. The summed E-state index contributed by atoms with van der Waals surface area (Å²) >= 11 is 1.49. The van der Waals surface area contributed by atoms with E-state index in [2.05, 4.69) is 15.3 Å². The molecule has 0 saturated heterocycles. The molecule has 1 amide bonds. The lowest BCUT2D eigenvalue weighted by Gasteiger charge is -2.15. The number of amides is 1. The third-order valence-corrected chi connectivity index (χ3v) is 4.34. The van der Waals surface area contributed by atoms with Crippen LogP contribution in [0.2, 0.25) is 0 Å². The maximum absolute atomic E-state index is 12.1. The number of aryl methyl sites for hydroxylation is 3. The molecular formula is C13H17ClN4O2S. The van der Waals surface area contributed by atoms with Crippen LogP contribution >= 0.6 is 23.7 Å². The summed E-state index contributed by atoms with van der Waals surface area (Å²) < 4.78 is 5.30. The van der Waals surface area contributed by atoms with Crippen molar-refractivity contribution in [2.24, 2.45) is 5.73 Å². The number of hydrogen-bond donors (Lipinski definition) is 2. The zero-order chi connectivity index (χ0) is 14.3. The van der Waals surface area contributed by atoms with E-state index in [1.54, 1.807) is 13.8 Å². The summed E-state index contributed by atoms with van der Waals surface area (Å²) in [6.07, 6.45) is 2.66. The fourth-order valence-corrected chi connectivity index (χ4v) is 3.45. The predicted molar refractivity (Wildman–Crippen MR) is 83.3 cm³/mol. The molecule has 0 saturated carbocycles. The third kappa shape index (κ3) is 3.25. The Morgan fingerprint density at radius 3 is 2.86 bits per heavy atom. The first kappa shape index (κ1) is 15.9. The van der Waals surface area contributed by atoms with Gasteiger partial charge in [0.15, 0.2) is 11.0 Å². The molecule has 0 bridgehead atoms. The summed E-state index contributed by atoms with van der Waals surface area (Å²) in [4.78, 5) is 21.8.